The lowest BCUT2D eigenvalue weighted by molar-refractivity contribution is -0.138. The molecule has 0 unspecified atom stereocenters. The Morgan fingerprint density at radius 3 is 1.62 bits per heavy atom. The Labute approximate surface area is 158 Å². The molecule has 3 heterocycles. The maximum absolute atomic E-state index is 12.1. The second-order valence-electron chi connectivity index (χ2n) is 4.94. The van der Waals surface area contributed by atoms with Gasteiger partial charge in [-0.2, -0.15) is 0 Å². The lowest BCUT2D eigenvalue weighted by atomic mass is 10.1. The van der Waals surface area contributed by atoms with Gasteiger partial charge in [0.25, 0.3) is 0 Å². The van der Waals surface area contributed by atoms with Crippen molar-refractivity contribution in [2.45, 2.75) is 0 Å². The van der Waals surface area contributed by atoms with E-state index in [1.165, 1.54) is 14.2 Å². The minimum atomic E-state index is -0.584. The van der Waals surface area contributed by atoms with E-state index in [2.05, 4.69) is 9.97 Å². The quantitative estimate of drug-likeness (QED) is 0.741. The van der Waals surface area contributed by atoms with Crippen LogP contribution in [0.5, 0.6) is 0 Å². The molecule has 0 N–H and O–H groups in total. The molecule has 1 aliphatic heterocycles. The number of carbonyl (C=O) groups excluding carboxylic acids is 2. The fourth-order valence-corrected chi connectivity index (χ4v) is 4.81. The number of pyridine rings is 2. The van der Waals surface area contributed by atoms with Gasteiger partial charge < -0.3 is 9.47 Å². The summed E-state index contributed by atoms with van der Waals surface area (Å²) in [5, 5.41) is 0. The molecule has 0 radical (unpaired) electrons. The topological polar surface area (TPSA) is 78.4 Å². The number of rotatable bonds is 4. The van der Waals surface area contributed by atoms with Crippen molar-refractivity contribution in [1.82, 2.24) is 9.97 Å². The molecule has 3 rings (SSSR count). The zero-order valence-electron chi connectivity index (χ0n) is 14.0. The Balaban J connectivity index is 2.14. The van der Waals surface area contributed by atoms with Gasteiger partial charge in [0.15, 0.2) is 0 Å². The molecule has 0 atom stereocenters. The maximum Gasteiger partial charge on any atom is 0.346 e. The molecule has 6 nitrogen and oxygen atoms in total. The number of aromatic nitrogens is 2. The van der Waals surface area contributed by atoms with E-state index < -0.39 is 11.9 Å². The van der Waals surface area contributed by atoms with Crippen LogP contribution >= 0.6 is 23.5 Å². The Bertz CT molecular complexity index is 824. The number of hydrogen-bond donors (Lipinski definition) is 0. The van der Waals surface area contributed by atoms with Crippen LogP contribution in [0.25, 0.3) is 5.57 Å². The van der Waals surface area contributed by atoms with Crippen molar-refractivity contribution in [1.29, 1.82) is 0 Å². The summed E-state index contributed by atoms with van der Waals surface area (Å²) in [6, 6.07) is 11.1. The summed E-state index contributed by atoms with van der Waals surface area (Å²) in [6.07, 6.45) is 3.36. The van der Waals surface area contributed by atoms with Gasteiger partial charge in [0.05, 0.1) is 29.8 Å². The van der Waals surface area contributed by atoms with Crippen LogP contribution in [0.15, 0.2) is 62.8 Å². The van der Waals surface area contributed by atoms with Gasteiger partial charge in [0.2, 0.25) is 0 Å². The third kappa shape index (κ3) is 3.66. The van der Waals surface area contributed by atoms with Gasteiger partial charge in [-0.15, -0.1) is 0 Å². The molecule has 8 heteroatoms. The molecular weight excluding hydrogens is 372 g/mol. The normalized spacial score (nSPS) is 13.5. The summed E-state index contributed by atoms with van der Waals surface area (Å²) >= 11 is 2.32. The maximum atomic E-state index is 12.1. The molecule has 0 aliphatic carbocycles. The van der Waals surface area contributed by atoms with Crippen LogP contribution in [0.1, 0.15) is 11.4 Å². The number of hydrogen-bond acceptors (Lipinski definition) is 8. The van der Waals surface area contributed by atoms with E-state index in [0.29, 0.717) is 15.6 Å². The Kier molecular flexibility index (Phi) is 5.75. The lowest BCUT2D eigenvalue weighted by Gasteiger charge is -2.10. The Morgan fingerprint density at radius 2 is 1.27 bits per heavy atom. The van der Waals surface area contributed by atoms with Gasteiger partial charge in [0.1, 0.15) is 9.81 Å². The molecule has 1 aliphatic rings. The molecule has 0 bridgehead atoms. The van der Waals surface area contributed by atoms with Crippen molar-refractivity contribution in [3.8, 4) is 0 Å². The molecular formula is C18H14N2O4S2. The first-order valence-electron chi connectivity index (χ1n) is 7.49. The highest BCUT2D eigenvalue weighted by atomic mass is 32.2. The lowest BCUT2D eigenvalue weighted by Crippen LogP contribution is -2.08. The fourth-order valence-electron chi connectivity index (χ4n) is 2.22. The summed E-state index contributed by atoms with van der Waals surface area (Å²) in [5.74, 6) is -1.17. The predicted molar refractivity (Wildman–Crippen MR) is 101 cm³/mol. The molecule has 0 spiro atoms. The molecule has 0 aromatic carbocycles. The van der Waals surface area contributed by atoms with Crippen molar-refractivity contribution in [3.63, 3.8) is 0 Å². The molecule has 2 aromatic heterocycles. The number of esters is 2. The average molecular weight is 386 g/mol. The third-order valence-electron chi connectivity index (χ3n) is 3.38. The van der Waals surface area contributed by atoms with E-state index in [9.17, 15) is 9.59 Å². The van der Waals surface area contributed by atoms with Gasteiger partial charge in [-0.25, -0.2) is 9.59 Å². The largest absolute Gasteiger partial charge is 0.465 e. The number of thioether (sulfide) groups is 2. The molecule has 132 valence electrons. The molecule has 0 saturated heterocycles. The van der Waals surface area contributed by atoms with Gasteiger partial charge in [-0.3, -0.25) is 9.97 Å². The number of methoxy groups -OCH3 is 2. The van der Waals surface area contributed by atoms with Crippen molar-refractivity contribution in [2.24, 2.45) is 0 Å². The van der Waals surface area contributed by atoms with Gasteiger partial charge in [0, 0.05) is 18.0 Å². The van der Waals surface area contributed by atoms with Crippen LogP contribution in [0.2, 0.25) is 0 Å². The fraction of sp³-hybridized carbons (Fsp3) is 0.111. The summed E-state index contributed by atoms with van der Waals surface area (Å²) in [7, 11) is 2.55. The smallest absolute Gasteiger partial charge is 0.346 e. The van der Waals surface area contributed by atoms with Crippen LogP contribution in [-0.4, -0.2) is 36.1 Å². The average Bonchev–Trinajstić information content (AvgIpc) is 3.13. The van der Waals surface area contributed by atoms with Crippen LogP contribution in [0.3, 0.4) is 0 Å². The monoisotopic (exact) mass is 386 g/mol. The van der Waals surface area contributed by atoms with Crippen LogP contribution in [0, 0.1) is 0 Å². The van der Waals surface area contributed by atoms with E-state index in [4.69, 9.17) is 9.47 Å². The van der Waals surface area contributed by atoms with E-state index in [1.807, 2.05) is 36.4 Å². The van der Waals surface area contributed by atoms with E-state index in [0.717, 1.165) is 29.1 Å². The Hall–Kier alpha value is -2.58. The van der Waals surface area contributed by atoms with E-state index in [1.54, 1.807) is 12.4 Å². The van der Waals surface area contributed by atoms with Crippen molar-refractivity contribution in [2.75, 3.05) is 14.2 Å². The SMILES string of the molecule is COC(=O)C1=C(C(=O)OC)SC(=C(c2ccccn2)c2ccccn2)S1. The zero-order valence-corrected chi connectivity index (χ0v) is 15.6. The summed E-state index contributed by atoms with van der Waals surface area (Å²) in [5.41, 5.74) is 2.12. The first-order valence-corrected chi connectivity index (χ1v) is 9.12. The van der Waals surface area contributed by atoms with Crippen LogP contribution in [0.4, 0.5) is 0 Å². The molecule has 2 aromatic rings. The van der Waals surface area contributed by atoms with Crippen molar-refractivity contribution in [3.05, 3.63) is 74.2 Å². The number of carbonyl (C=O) groups is 2. The Morgan fingerprint density at radius 1 is 0.808 bits per heavy atom. The minimum absolute atomic E-state index is 0.198. The van der Waals surface area contributed by atoms with Gasteiger partial charge >= 0.3 is 11.9 Å². The first-order chi connectivity index (χ1) is 12.7. The number of ether oxygens (including phenoxy) is 2. The standard InChI is InChI=1S/C18H14N2O4S2/c1-23-16(21)14-15(17(22)24-2)26-18(25-14)13(11-7-3-5-9-19-11)12-8-4-6-10-20-12/h3-10H,1-2H3. The summed E-state index contributed by atoms with van der Waals surface area (Å²) in [4.78, 5) is 33.4. The van der Waals surface area contributed by atoms with Crippen LogP contribution in [-0.2, 0) is 19.1 Å². The minimum Gasteiger partial charge on any atom is -0.465 e. The zero-order chi connectivity index (χ0) is 18.5. The highest BCUT2D eigenvalue weighted by Crippen LogP contribution is 2.53. The second kappa shape index (κ2) is 8.20. The van der Waals surface area contributed by atoms with Gasteiger partial charge in [-0.05, 0) is 24.3 Å². The van der Waals surface area contributed by atoms with E-state index in [-0.39, 0.29) is 9.81 Å². The molecule has 0 amide bonds. The highest BCUT2D eigenvalue weighted by Gasteiger charge is 2.34. The molecule has 0 fully saturated rings. The summed E-state index contributed by atoms with van der Waals surface area (Å²) in [6.45, 7) is 0. The first kappa shape index (κ1) is 18.2. The highest BCUT2D eigenvalue weighted by molar-refractivity contribution is 8.29. The van der Waals surface area contributed by atoms with E-state index >= 15 is 0 Å². The van der Waals surface area contributed by atoms with Crippen molar-refractivity contribution >= 4 is 41.0 Å². The van der Waals surface area contributed by atoms with Crippen molar-refractivity contribution < 1.29 is 19.1 Å². The summed E-state index contributed by atoms with van der Waals surface area (Å²) < 4.78 is 10.3. The molecule has 0 saturated carbocycles. The molecule has 26 heavy (non-hydrogen) atoms. The number of nitrogens with zero attached hydrogens (tertiary/aromatic N) is 2. The predicted octanol–water partition coefficient (Wildman–Crippen LogP) is 3.23. The van der Waals surface area contributed by atoms with Crippen LogP contribution < -0.4 is 0 Å². The third-order valence-corrected chi connectivity index (χ3v) is 5.94. The second-order valence-corrected chi connectivity index (χ2v) is 7.24. The van der Waals surface area contributed by atoms with Gasteiger partial charge in [-0.1, -0.05) is 35.7 Å².